The van der Waals surface area contributed by atoms with Crippen LogP contribution in [-0.2, 0) is 11.3 Å². The SMILES string of the molecule is COCCN(CCO)Cc1cc(=O)n2c(C)cccc2n1. The Morgan fingerprint density at radius 3 is 2.90 bits per heavy atom. The third-order valence-electron chi connectivity index (χ3n) is 3.35. The summed E-state index contributed by atoms with van der Waals surface area (Å²) in [5, 5.41) is 9.11. The first-order valence-corrected chi connectivity index (χ1v) is 6.96. The molecule has 2 aromatic rings. The van der Waals surface area contributed by atoms with Crippen molar-refractivity contribution in [2.45, 2.75) is 13.5 Å². The van der Waals surface area contributed by atoms with E-state index in [4.69, 9.17) is 9.84 Å². The van der Waals surface area contributed by atoms with Crippen LogP contribution in [-0.4, -0.2) is 52.8 Å². The molecule has 2 aromatic heterocycles. The Balaban J connectivity index is 2.27. The number of ether oxygens (including phenoxy) is 1. The molecular formula is C15H21N3O3. The summed E-state index contributed by atoms with van der Waals surface area (Å²) in [6.45, 7) is 4.25. The Hall–Kier alpha value is -1.76. The highest BCUT2D eigenvalue weighted by molar-refractivity contribution is 5.40. The van der Waals surface area contributed by atoms with E-state index in [2.05, 4.69) is 4.98 Å². The molecule has 0 atom stereocenters. The molecule has 0 aliphatic heterocycles. The summed E-state index contributed by atoms with van der Waals surface area (Å²) in [4.78, 5) is 18.7. The predicted molar refractivity (Wildman–Crippen MR) is 80.4 cm³/mol. The van der Waals surface area contributed by atoms with E-state index in [1.807, 2.05) is 30.0 Å². The summed E-state index contributed by atoms with van der Waals surface area (Å²) in [5.41, 5.74) is 2.13. The highest BCUT2D eigenvalue weighted by Gasteiger charge is 2.09. The van der Waals surface area contributed by atoms with Gasteiger partial charge in [-0.25, -0.2) is 4.98 Å². The summed E-state index contributed by atoms with van der Waals surface area (Å²) in [5.74, 6) is 0. The van der Waals surface area contributed by atoms with E-state index >= 15 is 0 Å². The smallest absolute Gasteiger partial charge is 0.258 e. The van der Waals surface area contributed by atoms with Crippen LogP contribution >= 0.6 is 0 Å². The number of aryl methyl sites for hydroxylation is 1. The molecule has 0 spiro atoms. The van der Waals surface area contributed by atoms with Crippen molar-refractivity contribution in [2.75, 3.05) is 33.4 Å². The standard InChI is InChI=1S/C15H21N3O3/c1-12-4-3-5-14-16-13(10-15(20)18(12)14)11-17(6-8-19)7-9-21-2/h3-5,10,19H,6-9,11H2,1-2H3. The molecule has 0 radical (unpaired) electrons. The van der Waals surface area contributed by atoms with Gasteiger partial charge in [0.25, 0.3) is 5.56 Å². The molecule has 21 heavy (non-hydrogen) atoms. The maximum Gasteiger partial charge on any atom is 0.258 e. The molecule has 0 bridgehead atoms. The number of aromatic nitrogens is 2. The minimum Gasteiger partial charge on any atom is -0.395 e. The maximum absolute atomic E-state index is 12.2. The summed E-state index contributed by atoms with van der Waals surface area (Å²) >= 11 is 0. The molecule has 6 nitrogen and oxygen atoms in total. The van der Waals surface area contributed by atoms with Crippen molar-refractivity contribution < 1.29 is 9.84 Å². The number of aliphatic hydroxyl groups is 1. The first kappa shape index (κ1) is 15.6. The van der Waals surface area contributed by atoms with Crippen molar-refractivity contribution in [3.05, 3.63) is 46.0 Å². The average molecular weight is 291 g/mol. The first-order valence-electron chi connectivity index (χ1n) is 6.96. The van der Waals surface area contributed by atoms with Gasteiger partial charge in [0.1, 0.15) is 5.65 Å². The molecule has 0 fully saturated rings. The summed E-state index contributed by atoms with van der Waals surface area (Å²) in [6, 6.07) is 7.14. The number of rotatable bonds is 7. The molecule has 0 amide bonds. The van der Waals surface area contributed by atoms with E-state index in [9.17, 15) is 4.79 Å². The molecule has 114 valence electrons. The van der Waals surface area contributed by atoms with Gasteiger partial charge in [-0.2, -0.15) is 0 Å². The van der Waals surface area contributed by atoms with Crippen LogP contribution in [0.4, 0.5) is 0 Å². The van der Waals surface area contributed by atoms with E-state index in [0.29, 0.717) is 37.6 Å². The molecule has 0 saturated carbocycles. The van der Waals surface area contributed by atoms with Crippen molar-refractivity contribution in [1.82, 2.24) is 14.3 Å². The summed E-state index contributed by atoms with van der Waals surface area (Å²) in [7, 11) is 1.64. The van der Waals surface area contributed by atoms with Gasteiger partial charge in [0, 0.05) is 38.5 Å². The highest BCUT2D eigenvalue weighted by Crippen LogP contribution is 2.05. The Morgan fingerprint density at radius 1 is 1.38 bits per heavy atom. The zero-order valence-electron chi connectivity index (χ0n) is 12.5. The van der Waals surface area contributed by atoms with E-state index in [0.717, 1.165) is 5.69 Å². The number of fused-ring (bicyclic) bond motifs is 1. The molecule has 1 N–H and O–H groups in total. The van der Waals surface area contributed by atoms with Crippen LogP contribution in [0.25, 0.3) is 5.65 Å². The van der Waals surface area contributed by atoms with Crippen molar-refractivity contribution in [1.29, 1.82) is 0 Å². The zero-order chi connectivity index (χ0) is 15.2. The van der Waals surface area contributed by atoms with Gasteiger partial charge in [-0.15, -0.1) is 0 Å². The fraction of sp³-hybridized carbons (Fsp3) is 0.467. The molecule has 0 aliphatic carbocycles. The zero-order valence-corrected chi connectivity index (χ0v) is 12.5. The second-order valence-corrected chi connectivity index (χ2v) is 4.94. The van der Waals surface area contributed by atoms with Gasteiger partial charge in [0.2, 0.25) is 0 Å². The third kappa shape index (κ3) is 3.87. The lowest BCUT2D eigenvalue weighted by molar-refractivity contribution is 0.126. The Labute approximate surface area is 123 Å². The van der Waals surface area contributed by atoms with Crippen molar-refractivity contribution >= 4 is 5.65 Å². The van der Waals surface area contributed by atoms with E-state index < -0.39 is 0 Å². The fourth-order valence-electron chi connectivity index (χ4n) is 2.31. The van der Waals surface area contributed by atoms with Crippen LogP contribution in [0.15, 0.2) is 29.1 Å². The van der Waals surface area contributed by atoms with Crippen molar-refractivity contribution in [3.63, 3.8) is 0 Å². The number of hydrogen-bond acceptors (Lipinski definition) is 5. The van der Waals surface area contributed by atoms with Gasteiger partial charge in [-0.3, -0.25) is 14.1 Å². The fourth-order valence-corrected chi connectivity index (χ4v) is 2.31. The minimum absolute atomic E-state index is 0.0649. The van der Waals surface area contributed by atoms with Gasteiger partial charge in [-0.05, 0) is 19.1 Å². The summed E-state index contributed by atoms with van der Waals surface area (Å²) in [6.07, 6.45) is 0. The average Bonchev–Trinajstić information content (AvgIpc) is 2.44. The van der Waals surface area contributed by atoms with Crippen LogP contribution in [0, 0.1) is 6.92 Å². The molecule has 0 saturated heterocycles. The number of nitrogens with zero attached hydrogens (tertiary/aromatic N) is 3. The topological polar surface area (TPSA) is 67.1 Å². The Bertz CT molecular complexity index is 654. The lowest BCUT2D eigenvalue weighted by atomic mass is 10.3. The molecule has 0 unspecified atom stereocenters. The number of aliphatic hydroxyl groups excluding tert-OH is 1. The molecule has 0 aromatic carbocycles. The molecule has 2 heterocycles. The van der Waals surface area contributed by atoms with E-state index in [1.165, 1.54) is 0 Å². The van der Waals surface area contributed by atoms with Gasteiger partial charge in [0.15, 0.2) is 0 Å². The van der Waals surface area contributed by atoms with Gasteiger partial charge in [0.05, 0.1) is 18.9 Å². The molecule has 2 rings (SSSR count). The number of hydrogen-bond donors (Lipinski definition) is 1. The second kappa shape index (κ2) is 7.31. The lowest BCUT2D eigenvalue weighted by Crippen LogP contribution is -2.31. The normalized spacial score (nSPS) is 11.4. The van der Waals surface area contributed by atoms with Crippen LogP contribution < -0.4 is 5.56 Å². The predicted octanol–water partition coefficient (Wildman–Crippen LogP) is 0.444. The number of pyridine rings is 1. The Morgan fingerprint density at radius 2 is 2.19 bits per heavy atom. The van der Waals surface area contributed by atoms with Crippen molar-refractivity contribution in [2.24, 2.45) is 0 Å². The second-order valence-electron chi connectivity index (χ2n) is 4.94. The van der Waals surface area contributed by atoms with Crippen LogP contribution in [0.1, 0.15) is 11.4 Å². The number of methoxy groups -OCH3 is 1. The minimum atomic E-state index is -0.0798. The van der Waals surface area contributed by atoms with E-state index in [-0.39, 0.29) is 12.2 Å². The van der Waals surface area contributed by atoms with Gasteiger partial charge in [-0.1, -0.05) is 6.07 Å². The van der Waals surface area contributed by atoms with Crippen molar-refractivity contribution in [3.8, 4) is 0 Å². The lowest BCUT2D eigenvalue weighted by Gasteiger charge is -2.20. The van der Waals surface area contributed by atoms with Crippen LogP contribution in [0.2, 0.25) is 0 Å². The molecule has 6 heteroatoms. The maximum atomic E-state index is 12.2. The van der Waals surface area contributed by atoms with Crippen LogP contribution in [0.3, 0.4) is 0 Å². The van der Waals surface area contributed by atoms with Gasteiger partial charge >= 0.3 is 0 Å². The van der Waals surface area contributed by atoms with E-state index in [1.54, 1.807) is 17.6 Å². The quantitative estimate of drug-likeness (QED) is 0.802. The highest BCUT2D eigenvalue weighted by atomic mass is 16.5. The van der Waals surface area contributed by atoms with Gasteiger partial charge < -0.3 is 9.84 Å². The summed E-state index contributed by atoms with van der Waals surface area (Å²) < 4.78 is 6.65. The third-order valence-corrected chi connectivity index (χ3v) is 3.35. The molecular weight excluding hydrogens is 270 g/mol. The first-order chi connectivity index (χ1) is 10.2. The largest absolute Gasteiger partial charge is 0.395 e. The molecule has 0 aliphatic rings. The monoisotopic (exact) mass is 291 g/mol. The Kier molecular flexibility index (Phi) is 5.44. The van der Waals surface area contributed by atoms with Crippen LogP contribution in [0.5, 0.6) is 0 Å².